The van der Waals surface area contributed by atoms with Crippen molar-refractivity contribution in [1.29, 1.82) is 0 Å². The van der Waals surface area contributed by atoms with Gasteiger partial charge in [0.05, 0.1) is 5.41 Å². The van der Waals surface area contributed by atoms with Gasteiger partial charge in [-0.25, -0.2) is 0 Å². The van der Waals surface area contributed by atoms with E-state index < -0.39 is 5.97 Å². The van der Waals surface area contributed by atoms with E-state index in [9.17, 15) is 9.90 Å². The highest BCUT2D eigenvalue weighted by Gasteiger charge is 2.38. The summed E-state index contributed by atoms with van der Waals surface area (Å²) in [5.41, 5.74) is -0.358. The third kappa shape index (κ3) is 4.69. The van der Waals surface area contributed by atoms with Crippen LogP contribution < -0.4 is 0 Å². The predicted octanol–water partition coefficient (Wildman–Crippen LogP) is 4.77. The van der Waals surface area contributed by atoms with E-state index >= 15 is 0 Å². The van der Waals surface area contributed by atoms with Crippen molar-refractivity contribution in [2.45, 2.75) is 84.0 Å². The Morgan fingerprint density at radius 1 is 1.00 bits per heavy atom. The number of carboxylic acid groups (broad SMARTS) is 1. The predicted molar refractivity (Wildman–Crippen MR) is 71.1 cm³/mol. The molecule has 0 bridgehead atoms. The standard InChI is InChI=1S/C15H28O2/c1-2-3-4-5-6-8-11-15(14(16)17)12-9-7-10-13-15/h2-13H2,1H3,(H,16,17). The topological polar surface area (TPSA) is 37.3 Å². The van der Waals surface area contributed by atoms with Gasteiger partial charge in [0.25, 0.3) is 0 Å². The SMILES string of the molecule is CCCCCCCCC1(C(=O)O)CCCCC1. The molecule has 0 atom stereocenters. The zero-order valence-electron chi connectivity index (χ0n) is 11.3. The summed E-state index contributed by atoms with van der Waals surface area (Å²) in [5.74, 6) is -0.536. The van der Waals surface area contributed by atoms with E-state index in [0.29, 0.717) is 0 Å². The lowest BCUT2D eigenvalue weighted by Crippen LogP contribution is -2.33. The minimum absolute atomic E-state index is 0.358. The number of hydrogen-bond acceptors (Lipinski definition) is 1. The summed E-state index contributed by atoms with van der Waals surface area (Å²) in [6, 6.07) is 0. The lowest BCUT2D eigenvalue weighted by molar-refractivity contribution is -0.151. The third-order valence-corrected chi connectivity index (χ3v) is 4.27. The summed E-state index contributed by atoms with van der Waals surface area (Å²) in [5, 5.41) is 9.43. The van der Waals surface area contributed by atoms with Gasteiger partial charge in [-0.05, 0) is 19.3 Å². The molecule has 0 unspecified atom stereocenters. The fraction of sp³-hybridized carbons (Fsp3) is 0.933. The summed E-state index contributed by atoms with van der Waals surface area (Å²) in [7, 11) is 0. The van der Waals surface area contributed by atoms with Gasteiger partial charge in [-0.2, -0.15) is 0 Å². The average Bonchev–Trinajstić information content (AvgIpc) is 2.34. The summed E-state index contributed by atoms with van der Waals surface area (Å²) < 4.78 is 0. The first kappa shape index (κ1) is 14.5. The summed E-state index contributed by atoms with van der Waals surface area (Å²) in [6.45, 7) is 2.22. The van der Waals surface area contributed by atoms with E-state index in [1.54, 1.807) is 0 Å². The molecule has 1 N–H and O–H groups in total. The minimum atomic E-state index is -0.536. The first-order chi connectivity index (χ1) is 8.21. The van der Waals surface area contributed by atoms with Crippen molar-refractivity contribution in [3.63, 3.8) is 0 Å². The Bertz CT molecular complexity index is 217. The molecule has 1 rings (SSSR count). The van der Waals surface area contributed by atoms with Crippen LogP contribution in [0, 0.1) is 5.41 Å². The van der Waals surface area contributed by atoms with Crippen LogP contribution in [0.3, 0.4) is 0 Å². The Hall–Kier alpha value is -0.530. The van der Waals surface area contributed by atoms with E-state index in [1.165, 1.54) is 38.5 Å². The molecule has 0 aromatic heterocycles. The van der Waals surface area contributed by atoms with Gasteiger partial charge in [0.1, 0.15) is 0 Å². The van der Waals surface area contributed by atoms with Crippen LogP contribution in [0.1, 0.15) is 84.0 Å². The summed E-state index contributed by atoms with van der Waals surface area (Å²) in [6.07, 6.45) is 13.7. The van der Waals surface area contributed by atoms with Gasteiger partial charge < -0.3 is 5.11 Å². The molecule has 1 aliphatic rings. The zero-order chi connectivity index (χ0) is 12.6. The Balaban J connectivity index is 2.23. The molecule has 0 aromatic rings. The molecule has 100 valence electrons. The normalized spacial score (nSPS) is 19.1. The Morgan fingerprint density at radius 2 is 1.59 bits per heavy atom. The van der Waals surface area contributed by atoms with Crippen LogP contribution in [-0.4, -0.2) is 11.1 Å². The van der Waals surface area contributed by atoms with Gasteiger partial charge in [-0.1, -0.05) is 64.7 Å². The minimum Gasteiger partial charge on any atom is -0.481 e. The maximum atomic E-state index is 11.4. The molecule has 0 aromatic carbocycles. The highest BCUT2D eigenvalue weighted by Crippen LogP contribution is 2.40. The van der Waals surface area contributed by atoms with Gasteiger partial charge in [0.2, 0.25) is 0 Å². The molecule has 1 fully saturated rings. The molecule has 1 aliphatic carbocycles. The fourth-order valence-electron chi connectivity index (χ4n) is 3.04. The van der Waals surface area contributed by atoms with E-state index in [4.69, 9.17) is 0 Å². The summed E-state index contributed by atoms with van der Waals surface area (Å²) >= 11 is 0. The molecule has 1 saturated carbocycles. The highest BCUT2D eigenvalue weighted by molar-refractivity contribution is 5.74. The fourth-order valence-corrected chi connectivity index (χ4v) is 3.04. The van der Waals surface area contributed by atoms with Crippen molar-refractivity contribution in [2.24, 2.45) is 5.41 Å². The van der Waals surface area contributed by atoms with Crippen molar-refractivity contribution in [1.82, 2.24) is 0 Å². The number of carboxylic acids is 1. The second kappa shape index (κ2) is 7.73. The molecule has 17 heavy (non-hydrogen) atoms. The lowest BCUT2D eigenvalue weighted by Gasteiger charge is -2.33. The highest BCUT2D eigenvalue weighted by atomic mass is 16.4. The van der Waals surface area contributed by atoms with Crippen molar-refractivity contribution in [3.05, 3.63) is 0 Å². The van der Waals surface area contributed by atoms with E-state index in [2.05, 4.69) is 6.92 Å². The molecule has 0 radical (unpaired) electrons. The summed E-state index contributed by atoms with van der Waals surface area (Å²) in [4.78, 5) is 11.4. The Morgan fingerprint density at radius 3 is 2.18 bits per heavy atom. The first-order valence-electron chi connectivity index (χ1n) is 7.45. The van der Waals surface area contributed by atoms with Gasteiger partial charge >= 0.3 is 5.97 Å². The number of hydrogen-bond donors (Lipinski definition) is 1. The molecular formula is C15H28O2. The molecule has 0 heterocycles. The second-order valence-corrected chi connectivity index (χ2v) is 5.66. The zero-order valence-corrected chi connectivity index (χ0v) is 11.3. The van der Waals surface area contributed by atoms with E-state index in [0.717, 1.165) is 38.5 Å². The van der Waals surface area contributed by atoms with Gasteiger partial charge in [-0.3, -0.25) is 4.79 Å². The van der Waals surface area contributed by atoms with Crippen LogP contribution in [0.4, 0.5) is 0 Å². The number of unbranched alkanes of at least 4 members (excludes halogenated alkanes) is 5. The smallest absolute Gasteiger partial charge is 0.309 e. The van der Waals surface area contributed by atoms with Crippen LogP contribution >= 0.6 is 0 Å². The van der Waals surface area contributed by atoms with Crippen LogP contribution in [0.25, 0.3) is 0 Å². The molecular weight excluding hydrogens is 212 g/mol. The Kier molecular flexibility index (Phi) is 6.61. The first-order valence-corrected chi connectivity index (χ1v) is 7.45. The van der Waals surface area contributed by atoms with Crippen LogP contribution in [0.15, 0.2) is 0 Å². The van der Waals surface area contributed by atoms with Gasteiger partial charge in [0.15, 0.2) is 0 Å². The van der Waals surface area contributed by atoms with Crippen LogP contribution in [0.2, 0.25) is 0 Å². The maximum Gasteiger partial charge on any atom is 0.309 e. The van der Waals surface area contributed by atoms with Crippen LogP contribution in [-0.2, 0) is 4.79 Å². The molecule has 0 saturated heterocycles. The maximum absolute atomic E-state index is 11.4. The van der Waals surface area contributed by atoms with Crippen molar-refractivity contribution >= 4 is 5.97 Å². The molecule has 0 spiro atoms. The molecule has 0 aliphatic heterocycles. The van der Waals surface area contributed by atoms with Crippen LogP contribution in [0.5, 0.6) is 0 Å². The largest absolute Gasteiger partial charge is 0.481 e. The molecule has 0 amide bonds. The van der Waals surface area contributed by atoms with E-state index in [-0.39, 0.29) is 5.41 Å². The molecule has 2 heteroatoms. The quantitative estimate of drug-likeness (QED) is 0.620. The third-order valence-electron chi connectivity index (χ3n) is 4.27. The number of carbonyl (C=O) groups is 1. The lowest BCUT2D eigenvalue weighted by atomic mass is 9.71. The van der Waals surface area contributed by atoms with Crippen molar-refractivity contribution in [2.75, 3.05) is 0 Å². The van der Waals surface area contributed by atoms with E-state index in [1.807, 2.05) is 0 Å². The molecule has 2 nitrogen and oxygen atoms in total. The Labute approximate surface area is 106 Å². The number of aliphatic carboxylic acids is 1. The van der Waals surface area contributed by atoms with Gasteiger partial charge in [-0.15, -0.1) is 0 Å². The van der Waals surface area contributed by atoms with Crippen molar-refractivity contribution < 1.29 is 9.90 Å². The second-order valence-electron chi connectivity index (χ2n) is 5.66. The van der Waals surface area contributed by atoms with Crippen molar-refractivity contribution in [3.8, 4) is 0 Å². The monoisotopic (exact) mass is 240 g/mol. The number of rotatable bonds is 8. The average molecular weight is 240 g/mol. The van der Waals surface area contributed by atoms with Gasteiger partial charge in [0, 0.05) is 0 Å².